The molecule has 2 N–H and O–H groups in total. The molecule has 0 bridgehead atoms. The fourth-order valence-corrected chi connectivity index (χ4v) is 7.41. The molecule has 204 valence electrons. The second-order valence-corrected chi connectivity index (χ2v) is 13.5. The minimum atomic E-state index is -0.481. The van der Waals surface area contributed by atoms with E-state index < -0.39 is 5.92 Å². The van der Waals surface area contributed by atoms with Crippen molar-refractivity contribution in [1.82, 2.24) is 0 Å². The van der Waals surface area contributed by atoms with Gasteiger partial charge in [0.25, 0.3) is 0 Å². The van der Waals surface area contributed by atoms with E-state index in [1.807, 2.05) is 47.0 Å². The number of carbonyl (C=O) groups is 1. The van der Waals surface area contributed by atoms with Crippen molar-refractivity contribution < 1.29 is 4.79 Å². The highest BCUT2D eigenvalue weighted by Gasteiger charge is 2.45. The van der Waals surface area contributed by atoms with Crippen LogP contribution in [-0.2, 0) is 16.3 Å². The number of Topliss-reactive ketones (excluding diaryl/α,β-unsaturated/α-hetero) is 1. The van der Waals surface area contributed by atoms with Crippen LogP contribution in [0.3, 0.4) is 0 Å². The Morgan fingerprint density at radius 3 is 2.48 bits per heavy atom. The molecular formula is C34H34BrN3OS. The van der Waals surface area contributed by atoms with E-state index >= 15 is 0 Å². The maximum Gasteiger partial charge on any atom is 0.162 e. The number of aryl methyl sites for hydroxylation is 2. The molecular weight excluding hydrogens is 578 g/mol. The van der Waals surface area contributed by atoms with Gasteiger partial charge in [-0.25, -0.2) is 0 Å². The molecule has 1 aliphatic heterocycles. The zero-order valence-corrected chi connectivity index (χ0v) is 25.8. The topological polar surface area (TPSA) is 70.1 Å². The molecule has 1 heterocycles. The molecule has 0 aromatic heterocycles. The number of anilines is 1. The number of thioether (sulfide) groups is 1. The van der Waals surface area contributed by atoms with Crippen LogP contribution in [0.2, 0.25) is 0 Å². The first-order chi connectivity index (χ1) is 19.1. The molecule has 3 aromatic carbocycles. The van der Waals surface area contributed by atoms with Gasteiger partial charge in [-0.1, -0.05) is 78.3 Å². The molecule has 5 rings (SSSR count). The van der Waals surface area contributed by atoms with Crippen LogP contribution in [0.4, 0.5) is 5.69 Å². The van der Waals surface area contributed by atoms with Crippen LogP contribution in [0.1, 0.15) is 60.4 Å². The average molecular weight is 613 g/mol. The number of nitrogens with zero attached hydrogens (tertiary/aromatic N) is 2. The number of rotatable bonds is 6. The minimum Gasteiger partial charge on any atom is -0.384 e. The molecule has 0 amide bonds. The Morgan fingerprint density at radius 2 is 1.77 bits per heavy atom. The summed E-state index contributed by atoms with van der Waals surface area (Å²) in [5, 5.41) is 10.5. The van der Waals surface area contributed by atoms with Crippen LogP contribution in [0.25, 0.3) is 0 Å². The molecule has 1 atom stereocenters. The molecule has 6 heteroatoms. The highest BCUT2D eigenvalue weighted by atomic mass is 79.9. The zero-order chi connectivity index (χ0) is 28.6. The third kappa shape index (κ3) is 5.50. The smallest absolute Gasteiger partial charge is 0.162 e. The van der Waals surface area contributed by atoms with Crippen molar-refractivity contribution >= 4 is 39.2 Å². The van der Waals surface area contributed by atoms with E-state index in [2.05, 4.69) is 86.1 Å². The van der Waals surface area contributed by atoms with Crippen molar-refractivity contribution in [3.8, 4) is 6.07 Å². The number of halogens is 1. The van der Waals surface area contributed by atoms with E-state index in [1.165, 1.54) is 16.7 Å². The molecule has 0 saturated carbocycles. The van der Waals surface area contributed by atoms with Gasteiger partial charge in [0.05, 0.1) is 17.6 Å². The first-order valence-electron chi connectivity index (χ1n) is 13.5. The third-order valence-corrected chi connectivity index (χ3v) is 9.40. The predicted molar refractivity (Wildman–Crippen MR) is 169 cm³/mol. The van der Waals surface area contributed by atoms with Gasteiger partial charge in [-0.05, 0) is 71.7 Å². The molecule has 0 saturated heterocycles. The van der Waals surface area contributed by atoms with Gasteiger partial charge < -0.3 is 5.73 Å². The van der Waals surface area contributed by atoms with E-state index in [4.69, 9.17) is 5.73 Å². The summed E-state index contributed by atoms with van der Waals surface area (Å²) in [6.07, 6.45) is 1.14. The summed E-state index contributed by atoms with van der Waals surface area (Å²) in [6.45, 7) is 8.47. The summed E-state index contributed by atoms with van der Waals surface area (Å²) in [5.74, 6) is 1.78. The van der Waals surface area contributed by atoms with Crippen LogP contribution in [0.5, 0.6) is 0 Å². The monoisotopic (exact) mass is 611 g/mol. The zero-order valence-electron chi connectivity index (χ0n) is 23.4. The van der Waals surface area contributed by atoms with Gasteiger partial charge in [-0.15, -0.1) is 0 Å². The summed E-state index contributed by atoms with van der Waals surface area (Å²) >= 11 is 5.45. The standard InChI is InChI=1S/C34H34BrN3OS/c1-21-13-22(2)27(14-24(21)20-40-19-23-9-6-5-7-10-23)31-28(18-36)33(37)38(26-12-8-11-25(35)15-26)29-16-34(3,4)17-30(39)32(29)31/h5-15,31H,16-17,19-20,37H2,1-4H3. The van der Waals surface area contributed by atoms with Crippen molar-refractivity contribution in [3.05, 3.63) is 122 Å². The van der Waals surface area contributed by atoms with Gasteiger partial charge in [0.2, 0.25) is 0 Å². The molecule has 3 aromatic rings. The van der Waals surface area contributed by atoms with Crippen molar-refractivity contribution in [2.75, 3.05) is 4.90 Å². The van der Waals surface area contributed by atoms with Gasteiger partial charge >= 0.3 is 0 Å². The predicted octanol–water partition coefficient (Wildman–Crippen LogP) is 8.44. The Kier molecular flexibility index (Phi) is 7.99. The van der Waals surface area contributed by atoms with E-state index in [-0.39, 0.29) is 11.2 Å². The van der Waals surface area contributed by atoms with Gasteiger partial charge in [0.1, 0.15) is 5.82 Å². The van der Waals surface area contributed by atoms with Gasteiger partial charge in [-0.3, -0.25) is 9.69 Å². The van der Waals surface area contributed by atoms with Crippen molar-refractivity contribution in [2.24, 2.45) is 11.1 Å². The van der Waals surface area contributed by atoms with Gasteiger partial charge in [0.15, 0.2) is 5.78 Å². The van der Waals surface area contributed by atoms with E-state index in [0.717, 1.165) is 38.5 Å². The number of ketones is 1. The quantitative estimate of drug-likeness (QED) is 0.303. The molecule has 1 aliphatic carbocycles. The third-order valence-electron chi connectivity index (χ3n) is 7.85. The molecule has 4 nitrogen and oxygen atoms in total. The molecule has 1 unspecified atom stereocenters. The first-order valence-corrected chi connectivity index (χ1v) is 15.5. The summed E-state index contributed by atoms with van der Waals surface area (Å²) in [6, 6.07) is 25.2. The Morgan fingerprint density at radius 1 is 1.02 bits per heavy atom. The number of hydrogen-bond donors (Lipinski definition) is 1. The first kappa shape index (κ1) is 28.3. The molecule has 0 spiro atoms. The average Bonchev–Trinajstić information content (AvgIpc) is 2.89. The fraction of sp³-hybridized carbons (Fsp3) is 0.294. The van der Waals surface area contributed by atoms with E-state index in [9.17, 15) is 10.1 Å². The second-order valence-electron chi connectivity index (χ2n) is 11.6. The lowest BCUT2D eigenvalue weighted by atomic mass is 9.68. The molecule has 0 radical (unpaired) electrons. The lowest BCUT2D eigenvalue weighted by Gasteiger charge is -2.44. The highest BCUT2D eigenvalue weighted by molar-refractivity contribution is 9.10. The lowest BCUT2D eigenvalue weighted by molar-refractivity contribution is -0.118. The van der Waals surface area contributed by atoms with Crippen LogP contribution >= 0.6 is 27.7 Å². The summed E-state index contributed by atoms with van der Waals surface area (Å²) in [4.78, 5) is 15.9. The van der Waals surface area contributed by atoms with Crippen LogP contribution in [0, 0.1) is 30.6 Å². The maximum absolute atomic E-state index is 14.0. The lowest BCUT2D eigenvalue weighted by Crippen LogP contribution is -2.42. The minimum absolute atomic E-state index is 0.0940. The fourth-order valence-electron chi connectivity index (χ4n) is 5.97. The van der Waals surface area contributed by atoms with Crippen molar-refractivity contribution in [2.45, 2.75) is 58.0 Å². The largest absolute Gasteiger partial charge is 0.384 e. The summed E-state index contributed by atoms with van der Waals surface area (Å²) in [5.41, 5.74) is 15.3. The number of carbonyl (C=O) groups excluding carboxylic acids is 1. The highest BCUT2D eigenvalue weighted by Crippen LogP contribution is 2.51. The van der Waals surface area contributed by atoms with Crippen molar-refractivity contribution in [3.63, 3.8) is 0 Å². The Bertz CT molecular complexity index is 1580. The molecule has 0 fully saturated rings. The van der Waals surface area contributed by atoms with Crippen LogP contribution in [-0.4, -0.2) is 5.78 Å². The number of allylic oxidation sites excluding steroid dienone is 3. The molecule has 2 aliphatic rings. The van der Waals surface area contributed by atoms with Gasteiger partial charge in [-0.2, -0.15) is 17.0 Å². The Labute approximate surface area is 250 Å². The normalized spacial score (nSPS) is 18.6. The SMILES string of the molecule is Cc1cc(C)c(C2C(C#N)=C(N)N(c3cccc(Br)c3)C3=C2C(=O)CC(C)(C)C3)cc1CSCc1ccccc1. The number of hydrogen-bond acceptors (Lipinski definition) is 5. The summed E-state index contributed by atoms with van der Waals surface area (Å²) < 4.78 is 0.911. The molecule has 40 heavy (non-hydrogen) atoms. The van der Waals surface area contributed by atoms with Crippen LogP contribution < -0.4 is 10.6 Å². The number of benzene rings is 3. The van der Waals surface area contributed by atoms with E-state index in [0.29, 0.717) is 29.8 Å². The second kappa shape index (κ2) is 11.3. The number of nitrogens with two attached hydrogens (primary N) is 1. The number of nitriles is 1. The van der Waals surface area contributed by atoms with Gasteiger partial charge in [0, 0.05) is 39.4 Å². The van der Waals surface area contributed by atoms with Crippen molar-refractivity contribution in [1.29, 1.82) is 5.26 Å². The Balaban J connectivity index is 1.62. The maximum atomic E-state index is 14.0. The van der Waals surface area contributed by atoms with Crippen LogP contribution in [0.15, 0.2) is 93.9 Å². The van der Waals surface area contributed by atoms with E-state index in [1.54, 1.807) is 0 Å². The Hall–Kier alpha value is -3.27. The summed E-state index contributed by atoms with van der Waals surface area (Å²) in [7, 11) is 0.